The van der Waals surface area contributed by atoms with Crippen molar-refractivity contribution in [3.8, 4) is 5.75 Å². The summed E-state index contributed by atoms with van der Waals surface area (Å²) in [7, 11) is -2.52. The molecule has 202 valence electrons. The number of para-hydroxylation sites is 1. The Hall–Kier alpha value is -3.85. The zero-order valence-corrected chi connectivity index (χ0v) is 23.0. The van der Waals surface area contributed by atoms with Crippen LogP contribution in [0.15, 0.2) is 89.8 Å². The van der Waals surface area contributed by atoms with Gasteiger partial charge in [0.1, 0.15) is 18.3 Å². The van der Waals surface area contributed by atoms with Crippen LogP contribution in [0.25, 0.3) is 0 Å². The van der Waals surface area contributed by atoms with Crippen LogP contribution in [0.1, 0.15) is 26.3 Å². The minimum Gasteiger partial charge on any atom is -0.497 e. The van der Waals surface area contributed by atoms with Crippen LogP contribution in [0.5, 0.6) is 5.75 Å². The van der Waals surface area contributed by atoms with Crippen molar-refractivity contribution in [1.82, 2.24) is 10.2 Å². The van der Waals surface area contributed by atoms with Crippen LogP contribution in [0.2, 0.25) is 0 Å². The maximum absolute atomic E-state index is 13.9. The highest BCUT2D eigenvalue weighted by atomic mass is 32.2. The predicted molar refractivity (Wildman–Crippen MR) is 148 cm³/mol. The quantitative estimate of drug-likeness (QED) is 0.376. The summed E-state index contributed by atoms with van der Waals surface area (Å²) in [5.74, 6) is 0.0261. The van der Waals surface area contributed by atoms with E-state index in [-0.39, 0.29) is 23.3 Å². The monoisotopic (exact) mass is 537 g/mol. The molecule has 1 unspecified atom stereocenters. The Kier molecular flexibility index (Phi) is 9.90. The highest BCUT2D eigenvalue weighted by molar-refractivity contribution is 7.92. The van der Waals surface area contributed by atoms with Gasteiger partial charge in [-0.2, -0.15) is 0 Å². The van der Waals surface area contributed by atoms with Gasteiger partial charge in [-0.15, -0.1) is 0 Å². The Morgan fingerprint density at radius 3 is 2.13 bits per heavy atom. The van der Waals surface area contributed by atoms with E-state index in [1.807, 2.05) is 19.9 Å². The number of nitrogens with one attached hydrogen (secondary N) is 1. The Morgan fingerprint density at radius 2 is 1.53 bits per heavy atom. The molecule has 0 saturated carbocycles. The third-order valence-corrected chi connectivity index (χ3v) is 7.78. The first-order chi connectivity index (χ1) is 18.1. The molecule has 3 rings (SSSR count). The van der Waals surface area contributed by atoms with E-state index in [0.717, 1.165) is 9.87 Å². The number of hydrogen-bond donors (Lipinski definition) is 1. The van der Waals surface area contributed by atoms with Gasteiger partial charge < -0.3 is 15.0 Å². The van der Waals surface area contributed by atoms with Crippen molar-refractivity contribution in [1.29, 1.82) is 0 Å². The number of amides is 2. The lowest BCUT2D eigenvalue weighted by atomic mass is 10.1. The first-order valence-corrected chi connectivity index (χ1v) is 13.9. The van der Waals surface area contributed by atoms with E-state index in [9.17, 15) is 18.0 Å². The Labute approximate surface area is 225 Å². The minimum atomic E-state index is -4.07. The summed E-state index contributed by atoms with van der Waals surface area (Å²) in [6.07, 6.45) is 0. The number of methoxy groups -OCH3 is 1. The summed E-state index contributed by atoms with van der Waals surface area (Å²) in [5.41, 5.74) is 1.10. The van der Waals surface area contributed by atoms with Gasteiger partial charge in [-0.25, -0.2) is 8.42 Å². The van der Waals surface area contributed by atoms with E-state index in [2.05, 4.69) is 5.32 Å². The lowest BCUT2D eigenvalue weighted by Gasteiger charge is -2.32. The van der Waals surface area contributed by atoms with Crippen molar-refractivity contribution in [3.63, 3.8) is 0 Å². The molecule has 38 heavy (non-hydrogen) atoms. The summed E-state index contributed by atoms with van der Waals surface area (Å²) in [6.45, 7) is 5.69. The second-order valence-corrected chi connectivity index (χ2v) is 11.2. The molecule has 3 aromatic rings. The lowest BCUT2D eigenvalue weighted by Crippen LogP contribution is -2.51. The molecule has 0 aliphatic heterocycles. The molecule has 3 aromatic carbocycles. The molecule has 0 spiro atoms. The van der Waals surface area contributed by atoms with E-state index >= 15 is 0 Å². The summed E-state index contributed by atoms with van der Waals surface area (Å²) in [6, 6.07) is 22.8. The molecule has 1 N–H and O–H groups in total. The topological polar surface area (TPSA) is 96.0 Å². The zero-order valence-electron chi connectivity index (χ0n) is 22.2. The number of rotatable bonds is 12. The Balaban J connectivity index is 1.98. The molecule has 0 aliphatic carbocycles. The second-order valence-electron chi connectivity index (χ2n) is 9.35. The normalized spacial score (nSPS) is 12.0. The first-order valence-electron chi connectivity index (χ1n) is 12.5. The number of carbonyl (C=O) groups is 2. The smallest absolute Gasteiger partial charge is 0.264 e. The fourth-order valence-corrected chi connectivity index (χ4v) is 5.28. The van der Waals surface area contributed by atoms with Gasteiger partial charge in [-0.1, -0.05) is 62.4 Å². The van der Waals surface area contributed by atoms with Gasteiger partial charge in [0.05, 0.1) is 17.7 Å². The van der Waals surface area contributed by atoms with Gasteiger partial charge in [0.25, 0.3) is 10.0 Å². The van der Waals surface area contributed by atoms with Crippen molar-refractivity contribution in [2.24, 2.45) is 5.92 Å². The van der Waals surface area contributed by atoms with Gasteiger partial charge in [0.15, 0.2) is 0 Å². The number of benzene rings is 3. The Bertz CT molecular complexity index is 1310. The average molecular weight is 538 g/mol. The van der Waals surface area contributed by atoms with Crippen LogP contribution in [0.4, 0.5) is 5.69 Å². The van der Waals surface area contributed by atoms with Crippen molar-refractivity contribution in [2.75, 3.05) is 24.5 Å². The van der Waals surface area contributed by atoms with E-state index in [0.29, 0.717) is 18.0 Å². The molecule has 0 aromatic heterocycles. The number of nitrogens with zero attached hydrogens (tertiary/aromatic N) is 2. The molecule has 1 atom stereocenters. The summed E-state index contributed by atoms with van der Waals surface area (Å²) in [5, 5.41) is 2.88. The second kappa shape index (κ2) is 13.1. The lowest BCUT2D eigenvalue weighted by molar-refractivity contribution is -0.139. The number of carbonyl (C=O) groups excluding carboxylic acids is 2. The molecule has 0 fully saturated rings. The SMILES string of the molecule is COc1cccc(CN(C(=O)CN(c2ccccc2)S(=O)(=O)c2ccccc2)C(C)C(=O)NCC(C)C)c1. The third-order valence-electron chi connectivity index (χ3n) is 5.99. The van der Waals surface area contributed by atoms with Gasteiger partial charge in [-0.05, 0) is 54.8 Å². The van der Waals surface area contributed by atoms with Gasteiger partial charge in [0.2, 0.25) is 11.8 Å². The van der Waals surface area contributed by atoms with Crippen LogP contribution < -0.4 is 14.4 Å². The number of ether oxygens (including phenoxy) is 1. The molecule has 0 bridgehead atoms. The molecule has 8 nitrogen and oxygen atoms in total. The van der Waals surface area contributed by atoms with E-state index < -0.39 is 28.5 Å². The van der Waals surface area contributed by atoms with Crippen molar-refractivity contribution in [2.45, 2.75) is 38.3 Å². The fourth-order valence-electron chi connectivity index (χ4n) is 3.85. The van der Waals surface area contributed by atoms with E-state index in [4.69, 9.17) is 4.74 Å². The molecular weight excluding hydrogens is 502 g/mol. The summed E-state index contributed by atoms with van der Waals surface area (Å²) in [4.78, 5) is 28.3. The molecule has 0 saturated heterocycles. The molecular formula is C29H35N3O5S. The van der Waals surface area contributed by atoms with Crippen LogP contribution >= 0.6 is 0 Å². The summed E-state index contributed by atoms with van der Waals surface area (Å²) >= 11 is 0. The number of anilines is 1. The zero-order chi connectivity index (χ0) is 27.7. The standard InChI is InChI=1S/C29H35N3O5S/c1-22(2)19-30-29(34)23(3)31(20-24-12-11-15-26(18-24)37-4)28(33)21-32(25-13-7-5-8-14-25)38(35,36)27-16-9-6-10-17-27/h5-18,22-23H,19-21H2,1-4H3,(H,30,34). The molecule has 0 heterocycles. The van der Waals surface area contributed by atoms with Gasteiger partial charge >= 0.3 is 0 Å². The minimum absolute atomic E-state index is 0.0683. The van der Waals surface area contributed by atoms with Gasteiger partial charge in [-0.3, -0.25) is 13.9 Å². The van der Waals surface area contributed by atoms with Crippen LogP contribution in [0, 0.1) is 5.92 Å². The van der Waals surface area contributed by atoms with Crippen LogP contribution in [-0.4, -0.2) is 51.4 Å². The number of sulfonamides is 1. The van der Waals surface area contributed by atoms with Gasteiger partial charge in [0, 0.05) is 13.1 Å². The number of hydrogen-bond acceptors (Lipinski definition) is 5. The van der Waals surface area contributed by atoms with Crippen LogP contribution in [0.3, 0.4) is 0 Å². The third kappa shape index (κ3) is 7.35. The molecule has 0 radical (unpaired) electrons. The molecule has 9 heteroatoms. The van der Waals surface area contributed by atoms with Crippen LogP contribution in [-0.2, 0) is 26.2 Å². The summed E-state index contributed by atoms with van der Waals surface area (Å²) < 4.78 is 33.7. The Morgan fingerprint density at radius 1 is 0.895 bits per heavy atom. The largest absolute Gasteiger partial charge is 0.497 e. The average Bonchev–Trinajstić information content (AvgIpc) is 2.93. The van der Waals surface area contributed by atoms with Crippen molar-refractivity contribution >= 4 is 27.5 Å². The highest BCUT2D eigenvalue weighted by Gasteiger charge is 2.32. The van der Waals surface area contributed by atoms with E-state index in [1.165, 1.54) is 17.0 Å². The first kappa shape index (κ1) is 28.7. The maximum Gasteiger partial charge on any atom is 0.264 e. The van der Waals surface area contributed by atoms with Crippen molar-refractivity contribution < 1.29 is 22.7 Å². The highest BCUT2D eigenvalue weighted by Crippen LogP contribution is 2.24. The van der Waals surface area contributed by atoms with E-state index in [1.54, 1.807) is 80.8 Å². The predicted octanol–water partition coefficient (Wildman–Crippen LogP) is 4.08. The molecule has 2 amide bonds. The molecule has 0 aliphatic rings. The maximum atomic E-state index is 13.9. The fraction of sp³-hybridized carbons (Fsp3) is 0.310. The van der Waals surface area contributed by atoms with Crippen molar-refractivity contribution in [3.05, 3.63) is 90.5 Å².